The predicted molar refractivity (Wildman–Crippen MR) is 121 cm³/mol. The summed E-state index contributed by atoms with van der Waals surface area (Å²) < 4.78 is 10.4. The molecule has 0 radical (unpaired) electrons. The number of aryl methyl sites for hydroxylation is 1. The Morgan fingerprint density at radius 2 is 1.75 bits per heavy atom. The molecule has 0 bridgehead atoms. The molecule has 7 heteroatoms. The standard InChI is InChI=1S/C25H26N2O5/c1-16-11-12-20(14-21(16)27-24(29)22-10-7-13-31-22)25(30)32-18(3)23(28)26-15-17(2)19-8-5-4-6-9-19/h4-14,17-18H,15H2,1-3H3,(H,26,28)(H,27,29)/t17-,18-/m0/s1. The maximum atomic E-state index is 12.6. The number of hydrogen-bond donors (Lipinski definition) is 2. The van der Waals surface area contributed by atoms with Crippen LogP contribution in [-0.4, -0.2) is 30.4 Å². The summed E-state index contributed by atoms with van der Waals surface area (Å²) in [4.78, 5) is 37.2. The average Bonchev–Trinajstić information content (AvgIpc) is 3.34. The van der Waals surface area contributed by atoms with E-state index in [2.05, 4.69) is 10.6 Å². The van der Waals surface area contributed by atoms with Crippen molar-refractivity contribution in [3.8, 4) is 0 Å². The summed E-state index contributed by atoms with van der Waals surface area (Å²) in [5.74, 6) is -1.17. The lowest BCUT2D eigenvalue weighted by Crippen LogP contribution is -2.37. The number of amides is 2. The van der Waals surface area contributed by atoms with E-state index in [0.717, 1.165) is 11.1 Å². The summed E-state index contributed by atoms with van der Waals surface area (Å²) in [7, 11) is 0. The molecule has 0 unspecified atom stereocenters. The van der Waals surface area contributed by atoms with E-state index in [9.17, 15) is 14.4 Å². The minimum atomic E-state index is -0.965. The van der Waals surface area contributed by atoms with Gasteiger partial charge in [-0.25, -0.2) is 4.79 Å². The average molecular weight is 434 g/mol. The molecule has 2 aromatic carbocycles. The zero-order valence-electron chi connectivity index (χ0n) is 18.3. The highest BCUT2D eigenvalue weighted by Crippen LogP contribution is 2.19. The van der Waals surface area contributed by atoms with Gasteiger partial charge in [0.05, 0.1) is 11.8 Å². The van der Waals surface area contributed by atoms with Crippen molar-refractivity contribution in [1.29, 1.82) is 0 Å². The largest absolute Gasteiger partial charge is 0.459 e. The molecule has 7 nitrogen and oxygen atoms in total. The highest BCUT2D eigenvalue weighted by molar-refractivity contribution is 6.03. The van der Waals surface area contributed by atoms with Crippen LogP contribution in [0.25, 0.3) is 0 Å². The molecule has 0 aliphatic heterocycles. The van der Waals surface area contributed by atoms with Crippen molar-refractivity contribution in [1.82, 2.24) is 5.32 Å². The summed E-state index contributed by atoms with van der Waals surface area (Å²) in [6, 6.07) is 17.8. The highest BCUT2D eigenvalue weighted by Gasteiger charge is 2.20. The maximum Gasteiger partial charge on any atom is 0.338 e. The first-order valence-electron chi connectivity index (χ1n) is 10.3. The molecule has 3 aromatic rings. The van der Waals surface area contributed by atoms with E-state index < -0.39 is 18.0 Å². The molecule has 0 spiro atoms. The van der Waals surface area contributed by atoms with Gasteiger partial charge in [-0.2, -0.15) is 0 Å². The van der Waals surface area contributed by atoms with Crippen LogP contribution in [0.1, 0.15) is 51.8 Å². The van der Waals surface area contributed by atoms with Crippen molar-refractivity contribution in [2.24, 2.45) is 0 Å². The number of benzene rings is 2. The number of esters is 1. The van der Waals surface area contributed by atoms with Gasteiger partial charge in [0.25, 0.3) is 11.8 Å². The Morgan fingerprint density at radius 1 is 1.00 bits per heavy atom. The lowest BCUT2D eigenvalue weighted by Gasteiger charge is -2.17. The number of carbonyl (C=O) groups excluding carboxylic acids is 3. The van der Waals surface area contributed by atoms with E-state index in [1.54, 1.807) is 31.2 Å². The molecule has 0 aliphatic rings. The van der Waals surface area contributed by atoms with Crippen LogP contribution in [0, 0.1) is 6.92 Å². The summed E-state index contributed by atoms with van der Waals surface area (Å²) in [6.07, 6.45) is 0.440. The van der Waals surface area contributed by atoms with Gasteiger partial charge in [0.2, 0.25) is 0 Å². The highest BCUT2D eigenvalue weighted by atomic mass is 16.5. The van der Waals surface area contributed by atoms with Crippen LogP contribution < -0.4 is 10.6 Å². The van der Waals surface area contributed by atoms with Crippen molar-refractivity contribution < 1.29 is 23.5 Å². The Morgan fingerprint density at radius 3 is 2.44 bits per heavy atom. The van der Waals surface area contributed by atoms with Crippen molar-refractivity contribution in [2.45, 2.75) is 32.8 Å². The van der Waals surface area contributed by atoms with Gasteiger partial charge in [0, 0.05) is 12.2 Å². The van der Waals surface area contributed by atoms with E-state index in [1.165, 1.54) is 19.3 Å². The smallest absolute Gasteiger partial charge is 0.338 e. The van der Waals surface area contributed by atoms with Crippen LogP contribution in [0.2, 0.25) is 0 Å². The third-order valence-corrected chi connectivity index (χ3v) is 5.07. The van der Waals surface area contributed by atoms with Gasteiger partial charge in [0.15, 0.2) is 11.9 Å². The van der Waals surface area contributed by atoms with E-state index >= 15 is 0 Å². The van der Waals surface area contributed by atoms with Gasteiger partial charge in [0.1, 0.15) is 0 Å². The van der Waals surface area contributed by atoms with Crippen LogP contribution in [0.5, 0.6) is 0 Å². The van der Waals surface area contributed by atoms with Crippen molar-refractivity contribution in [3.05, 3.63) is 89.4 Å². The number of hydrogen-bond acceptors (Lipinski definition) is 5. The quantitative estimate of drug-likeness (QED) is 0.515. The third kappa shape index (κ3) is 5.85. The minimum Gasteiger partial charge on any atom is -0.459 e. The second kappa shape index (κ2) is 10.4. The summed E-state index contributed by atoms with van der Waals surface area (Å²) in [6.45, 7) is 5.76. The molecule has 166 valence electrons. The van der Waals surface area contributed by atoms with Crippen LogP contribution in [0.4, 0.5) is 5.69 Å². The number of anilines is 1. The second-order valence-corrected chi connectivity index (χ2v) is 7.57. The molecule has 3 rings (SSSR count). The first kappa shape index (κ1) is 22.8. The molecule has 2 N–H and O–H groups in total. The Bertz CT molecular complexity index is 1080. The Kier molecular flexibility index (Phi) is 7.44. The normalized spacial score (nSPS) is 12.5. The van der Waals surface area contributed by atoms with E-state index in [1.807, 2.05) is 37.3 Å². The monoisotopic (exact) mass is 434 g/mol. The van der Waals surface area contributed by atoms with Gasteiger partial charge in [-0.05, 0) is 55.2 Å². The number of ether oxygens (including phenoxy) is 1. The van der Waals surface area contributed by atoms with Crippen LogP contribution >= 0.6 is 0 Å². The number of rotatable bonds is 8. The Labute approximate surface area is 186 Å². The van der Waals surface area contributed by atoms with E-state index in [-0.39, 0.29) is 23.1 Å². The van der Waals surface area contributed by atoms with Crippen molar-refractivity contribution in [2.75, 3.05) is 11.9 Å². The zero-order valence-corrected chi connectivity index (χ0v) is 18.3. The van der Waals surface area contributed by atoms with Gasteiger partial charge in [-0.15, -0.1) is 0 Å². The molecule has 0 saturated heterocycles. The van der Waals surface area contributed by atoms with Gasteiger partial charge in [-0.3, -0.25) is 9.59 Å². The molecule has 1 heterocycles. The zero-order chi connectivity index (χ0) is 23.1. The van der Waals surface area contributed by atoms with Gasteiger partial charge in [-0.1, -0.05) is 43.3 Å². The number of nitrogens with one attached hydrogen (secondary N) is 2. The fourth-order valence-electron chi connectivity index (χ4n) is 3.05. The maximum absolute atomic E-state index is 12.6. The Hall–Kier alpha value is -3.87. The lowest BCUT2D eigenvalue weighted by atomic mass is 10.0. The molecule has 1 aromatic heterocycles. The van der Waals surface area contributed by atoms with Crippen LogP contribution in [0.3, 0.4) is 0 Å². The van der Waals surface area contributed by atoms with Crippen molar-refractivity contribution in [3.63, 3.8) is 0 Å². The third-order valence-electron chi connectivity index (χ3n) is 5.07. The van der Waals surface area contributed by atoms with Gasteiger partial charge >= 0.3 is 5.97 Å². The lowest BCUT2D eigenvalue weighted by molar-refractivity contribution is -0.129. The molecule has 0 aliphatic carbocycles. The molecule has 2 atom stereocenters. The SMILES string of the molecule is Cc1ccc(C(=O)O[C@@H](C)C(=O)NC[C@H](C)c2ccccc2)cc1NC(=O)c1ccco1. The first-order valence-corrected chi connectivity index (χ1v) is 10.3. The van der Waals surface area contributed by atoms with Crippen LogP contribution in [0.15, 0.2) is 71.3 Å². The fourth-order valence-corrected chi connectivity index (χ4v) is 3.05. The molecule has 2 amide bonds. The summed E-state index contributed by atoms with van der Waals surface area (Å²) in [5, 5.41) is 5.53. The first-order chi connectivity index (χ1) is 15.3. The van der Waals surface area contributed by atoms with Crippen molar-refractivity contribution >= 4 is 23.5 Å². The fraction of sp³-hybridized carbons (Fsp3) is 0.240. The number of furan rings is 1. The molecule has 0 saturated carbocycles. The number of carbonyl (C=O) groups is 3. The minimum absolute atomic E-state index is 0.125. The second-order valence-electron chi connectivity index (χ2n) is 7.57. The predicted octanol–water partition coefficient (Wildman–Crippen LogP) is 4.31. The van der Waals surface area contributed by atoms with E-state index in [4.69, 9.17) is 9.15 Å². The van der Waals surface area contributed by atoms with Gasteiger partial charge < -0.3 is 19.8 Å². The van der Waals surface area contributed by atoms with Crippen LogP contribution in [-0.2, 0) is 9.53 Å². The molecular formula is C25H26N2O5. The molecule has 32 heavy (non-hydrogen) atoms. The summed E-state index contributed by atoms with van der Waals surface area (Å²) >= 11 is 0. The topological polar surface area (TPSA) is 97.6 Å². The summed E-state index contributed by atoms with van der Waals surface area (Å²) in [5.41, 5.74) is 2.56. The molecular weight excluding hydrogens is 408 g/mol. The Balaban J connectivity index is 1.57. The molecule has 0 fully saturated rings. The van der Waals surface area contributed by atoms with E-state index in [0.29, 0.717) is 12.2 Å².